The van der Waals surface area contributed by atoms with Crippen LogP contribution in [0.5, 0.6) is 11.5 Å². The quantitative estimate of drug-likeness (QED) is 0.324. The molecular weight excluding hydrogens is 512 g/mol. The molecule has 3 aromatic carbocycles. The second-order valence-electron chi connectivity index (χ2n) is 7.83. The van der Waals surface area contributed by atoms with Gasteiger partial charge in [0.15, 0.2) is 11.5 Å². The maximum absolute atomic E-state index is 13.1. The molecule has 0 spiro atoms. The third kappa shape index (κ3) is 5.44. The van der Waals surface area contributed by atoms with Crippen molar-refractivity contribution in [3.8, 4) is 11.5 Å². The number of nitrogens with one attached hydrogen (secondary N) is 1. The molecule has 3 aromatic rings. The summed E-state index contributed by atoms with van der Waals surface area (Å²) in [6, 6.07) is 19.1. The van der Waals surface area contributed by atoms with Crippen molar-refractivity contribution in [1.29, 1.82) is 0 Å². The number of hydrogen-bond acceptors (Lipinski definition) is 5. The van der Waals surface area contributed by atoms with E-state index in [0.29, 0.717) is 40.4 Å². The van der Waals surface area contributed by atoms with Crippen molar-refractivity contribution in [3.63, 3.8) is 0 Å². The van der Waals surface area contributed by atoms with Crippen molar-refractivity contribution < 1.29 is 23.9 Å². The minimum absolute atomic E-state index is 0.170. The normalized spacial score (nSPS) is 14.8. The molecule has 1 aliphatic heterocycles. The predicted octanol–water partition coefficient (Wildman–Crippen LogP) is 5.40. The molecule has 0 atom stereocenters. The van der Waals surface area contributed by atoms with Crippen LogP contribution in [0.15, 0.2) is 76.8 Å². The summed E-state index contributed by atoms with van der Waals surface area (Å²) in [5, 5.41) is 2.23. The summed E-state index contributed by atoms with van der Waals surface area (Å²) in [5.74, 6) is -0.504. The van der Waals surface area contributed by atoms with Crippen LogP contribution in [0, 0.1) is 6.92 Å². The number of urea groups is 1. The number of hydrogen-bond donors (Lipinski definition) is 1. The summed E-state index contributed by atoms with van der Waals surface area (Å²) in [4.78, 5) is 38.9. The van der Waals surface area contributed by atoms with Crippen LogP contribution in [0.25, 0.3) is 6.08 Å². The molecule has 8 heteroatoms. The number of rotatable bonds is 7. The fourth-order valence-electron chi connectivity index (χ4n) is 3.55. The van der Waals surface area contributed by atoms with E-state index in [2.05, 4.69) is 21.2 Å². The van der Waals surface area contributed by atoms with Gasteiger partial charge < -0.3 is 9.47 Å². The van der Waals surface area contributed by atoms with Crippen LogP contribution in [-0.4, -0.2) is 24.5 Å². The first-order chi connectivity index (χ1) is 16.9. The van der Waals surface area contributed by atoms with Crippen molar-refractivity contribution in [2.24, 2.45) is 0 Å². The molecular formula is C27H23BrN2O5. The highest BCUT2D eigenvalue weighted by molar-refractivity contribution is 9.10. The summed E-state index contributed by atoms with van der Waals surface area (Å²) < 4.78 is 12.4. The lowest BCUT2D eigenvalue weighted by molar-refractivity contribution is -0.122. The van der Waals surface area contributed by atoms with E-state index in [0.717, 1.165) is 16.0 Å². The molecule has 0 saturated carbocycles. The zero-order valence-electron chi connectivity index (χ0n) is 19.2. The number of aryl methyl sites for hydroxylation is 1. The summed E-state index contributed by atoms with van der Waals surface area (Å²) >= 11 is 3.52. The number of benzene rings is 3. The van der Waals surface area contributed by atoms with E-state index in [9.17, 15) is 14.4 Å². The number of barbiturate groups is 1. The summed E-state index contributed by atoms with van der Waals surface area (Å²) in [7, 11) is 0. The van der Waals surface area contributed by atoms with Crippen LogP contribution in [0.1, 0.15) is 23.6 Å². The highest BCUT2D eigenvalue weighted by atomic mass is 79.9. The van der Waals surface area contributed by atoms with Gasteiger partial charge in [0, 0.05) is 0 Å². The van der Waals surface area contributed by atoms with Gasteiger partial charge in [-0.3, -0.25) is 14.9 Å². The Labute approximate surface area is 211 Å². The molecule has 0 aromatic heterocycles. The molecule has 0 aliphatic carbocycles. The van der Waals surface area contributed by atoms with Crippen molar-refractivity contribution in [3.05, 3.63) is 93.5 Å². The van der Waals surface area contributed by atoms with Crippen molar-refractivity contribution in [1.82, 2.24) is 5.32 Å². The molecule has 1 saturated heterocycles. The van der Waals surface area contributed by atoms with E-state index < -0.39 is 17.8 Å². The standard InChI is InChI=1S/C27H23BrN2O5/c1-3-34-23-15-19(14-22(28)24(23)35-16-18-11-9-17(2)10-12-18)13-21-25(31)29-27(33)30(26(21)32)20-7-5-4-6-8-20/h4-15H,3,16H2,1-2H3,(H,29,31,33)/b21-13+. The summed E-state index contributed by atoms with van der Waals surface area (Å²) in [5.41, 5.74) is 2.90. The number of halogens is 1. The number of ether oxygens (including phenoxy) is 2. The van der Waals surface area contributed by atoms with Crippen LogP contribution in [0.3, 0.4) is 0 Å². The van der Waals surface area contributed by atoms with Gasteiger partial charge in [0.05, 0.1) is 16.8 Å². The minimum Gasteiger partial charge on any atom is -0.490 e. The van der Waals surface area contributed by atoms with E-state index in [1.54, 1.807) is 42.5 Å². The molecule has 4 amide bonds. The van der Waals surface area contributed by atoms with Gasteiger partial charge in [0.1, 0.15) is 12.2 Å². The van der Waals surface area contributed by atoms with Crippen LogP contribution in [0.2, 0.25) is 0 Å². The second kappa shape index (κ2) is 10.6. The molecule has 1 fully saturated rings. The van der Waals surface area contributed by atoms with E-state index in [-0.39, 0.29) is 5.57 Å². The van der Waals surface area contributed by atoms with Crippen LogP contribution >= 0.6 is 15.9 Å². The van der Waals surface area contributed by atoms with Gasteiger partial charge in [-0.15, -0.1) is 0 Å². The Balaban J connectivity index is 1.65. The Bertz CT molecular complexity index is 1300. The van der Waals surface area contributed by atoms with Crippen LogP contribution in [-0.2, 0) is 16.2 Å². The fourth-order valence-corrected chi connectivity index (χ4v) is 4.12. The van der Waals surface area contributed by atoms with Gasteiger partial charge in [-0.25, -0.2) is 9.69 Å². The maximum atomic E-state index is 13.1. The van der Waals surface area contributed by atoms with Gasteiger partial charge in [-0.1, -0.05) is 48.0 Å². The summed E-state index contributed by atoms with van der Waals surface area (Å²) in [6.45, 7) is 4.61. The van der Waals surface area contributed by atoms with Crippen LogP contribution < -0.4 is 19.7 Å². The molecule has 1 aliphatic rings. The highest BCUT2D eigenvalue weighted by Gasteiger charge is 2.36. The van der Waals surface area contributed by atoms with Gasteiger partial charge in [-0.2, -0.15) is 0 Å². The molecule has 0 bridgehead atoms. The number of para-hydroxylation sites is 1. The van der Waals surface area contributed by atoms with E-state index in [1.807, 2.05) is 38.1 Å². The third-order valence-corrected chi connectivity index (χ3v) is 5.85. The van der Waals surface area contributed by atoms with Crippen molar-refractivity contribution >= 4 is 45.5 Å². The fraction of sp³-hybridized carbons (Fsp3) is 0.148. The number of nitrogens with zero attached hydrogens (tertiary/aromatic N) is 1. The first-order valence-electron chi connectivity index (χ1n) is 11.0. The number of carbonyl (C=O) groups excluding carboxylic acids is 3. The lowest BCUT2D eigenvalue weighted by Gasteiger charge is -2.26. The Kier molecular flexibility index (Phi) is 7.31. The molecule has 178 valence electrons. The average Bonchev–Trinajstić information content (AvgIpc) is 2.83. The number of carbonyl (C=O) groups is 3. The number of anilines is 1. The Morgan fingerprint density at radius 2 is 1.69 bits per heavy atom. The molecule has 1 N–H and O–H groups in total. The average molecular weight is 535 g/mol. The first-order valence-corrected chi connectivity index (χ1v) is 11.8. The van der Waals surface area contributed by atoms with Crippen LogP contribution in [0.4, 0.5) is 10.5 Å². The summed E-state index contributed by atoms with van der Waals surface area (Å²) in [6.07, 6.45) is 1.43. The SMILES string of the molecule is CCOc1cc(/C=C2\C(=O)NC(=O)N(c3ccccc3)C2=O)cc(Br)c1OCc1ccc(C)cc1. The number of amides is 4. The van der Waals surface area contributed by atoms with Gasteiger partial charge >= 0.3 is 6.03 Å². The van der Waals surface area contributed by atoms with Crippen molar-refractivity contribution in [2.75, 3.05) is 11.5 Å². The third-order valence-electron chi connectivity index (χ3n) is 5.26. The highest BCUT2D eigenvalue weighted by Crippen LogP contribution is 2.38. The Morgan fingerprint density at radius 1 is 0.971 bits per heavy atom. The zero-order valence-corrected chi connectivity index (χ0v) is 20.8. The predicted molar refractivity (Wildman–Crippen MR) is 136 cm³/mol. The molecule has 7 nitrogen and oxygen atoms in total. The molecule has 0 unspecified atom stereocenters. The monoisotopic (exact) mass is 534 g/mol. The van der Waals surface area contributed by atoms with E-state index >= 15 is 0 Å². The minimum atomic E-state index is -0.792. The van der Waals surface area contributed by atoms with Crippen molar-refractivity contribution in [2.45, 2.75) is 20.5 Å². The first kappa shape index (κ1) is 24.2. The smallest absolute Gasteiger partial charge is 0.335 e. The molecule has 1 heterocycles. The molecule has 35 heavy (non-hydrogen) atoms. The Morgan fingerprint density at radius 3 is 2.37 bits per heavy atom. The largest absolute Gasteiger partial charge is 0.490 e. The zero-order chi connectivity index (χ0) is 24.9. The van der Waals surface area contributed by atoms with E-state index in [4.69, 9.17) is 9.47 Å². The van der Waals surface area contributed by atoms with E-state index in [1.165, 1.54) is 6.08 Å². The second-order valence-corrected chi connectivity index (χ2v) is 8.69. The van der Waals surface area contributed by atoms with Gasteiger partial charge in [0.2, 0.25) is 0 Å². The van der Waals surface area contributed by atoms with Gasteiger partial charge in [-0.05, 0) is 71.2 Å². The molecule has 0 radical (unpaired) electrons. The Hall–Kier alpha value is -3.91. The van der Waals surface area contributed by atoms with Gasteiger partial charge in [0.25, 0.3) is 11.8 Å². The molecule has 4 rings (SSSR count). The topological polar surface area (TPSA) is 84.9 Å². The lowest BCUT2D eigenvalue weighted by Crippen LogP contribution is -2.54. The maximum Gasteiger partial charge on any atom is 0.335 e. The number of imide groups is 2. The lowest BCUT2D eigenvalue weighted by atomic mass is 10.1.